The molecular weight excluding hydrogens is 288 g/mol. The van der Waals surface area contributed by atoms with Crippen molar-refractivity contribution in [3.8, 4) is 0 Å². The molecule has 1 saturated heterocycles. The summed E-state index contributed by atoms with van der Waals surface area (Å²) in [5, 5.41) is 0. The first-order valence-electron chi connectivity index (χ1n) is 8.10. The Bertz CT molecular complexity index is 656. The minimum atomic E-state index is 0.447. The van der Waals surface area contributed by atoms with Crippen LogP contribution in [0.25, 0.3) is 0 Å². The van der Waals surface area contributed by atoms with Crippen molar-refractivity contribution < 1.29 is 0 Å². The van der Waals surface area contributed by atoms with Gasteiger partial charge in [0.25, 0.3) is 0 Å². The lowest BCUT2D eigenvalue weighted by atomic mass is 9.93. The topological polar surface area (TPSA) is 58.0 Å². The SMILES string of the molecule is Cc1cc(C)nc(N2CCC(c3nccnc3N(C)C)CC2)n1. The fourth-order valence-electron chi connectivity index (χ4n) is 3.18. The van der Waals surface area contributed by atoms with Gasteiger partial charge in [0.05, 0.1) is 5.69 Å². The van der Waals surface area contributed by atoms with Crippen LogP contribution in [0.5, 0.6) is 0 Å². The molecule has 6 heteroatoms. The fraction of sp³-hybridized carbons (Fsp3) is 0.529. The molecule has 0 atom stereocenters. The molecule has 2 aromatic heterocycles. The van der Waals surface area contributed by atoms with Crippen molar-refractivity contribution in [2.45, 2.75) is 32.6 Å². The second kappa shape index (κ2) is 6.48. The molecular formula is C17H24N6. The van der Waals surface area contributed by atoms with Crippen LogP contribution in [-0.2, 0) is 0 Å². The van der Waals surface area contributed by atoms with E-state index in [1.54, 1.807) is 12.4 Å². The zero-order valence-corrected chi connectivity index (χ0v) is 14.3. The maximum absolute atomic E-state index is 4.60. The Morgan fingerprint density at radius 3 is 2.22 bits per heavy atom. The zero-order valence-electron chi connectivity index (χ0n) is 14.3. The highest BCUT2D eigenvalue weighted by atomic mass is 15.3. The van der Waals surface area contributed by atoms with Gasteiger partial charge in [0.2, 0.25) is 5.95 Å². The van der Waals surface area contributed by atoms with Crippen LogP contribution in [0.4, 0.5) is 11.8 Å². The van der Waals surface area contributed by atoms with Crippen molar-refractivity contribution in [2.24, 2.45) is 0 Å². The molecule has 0 unspecified atom stereocenters. The first-order chi connectivity index (χ1) is 11.0. The van der Waals surface area contributed by atoms with Gasteiger partial charge in [0, 0.05) is 56.9 Å². The Labute approximate surface area is 137 Å². The molecule has 0 amide bonds. The highest BCUT2D eigenvalue weighted by Gasteiger charge is 2.26. The summed E-state index contributed by atoms with van der Waals surface area (Å²) in [6, 6.07) is 2.01. The van der Waals surface area contributed by atoms with E-state index in [0.717, 1.165) is 54.8 Å². The average Bonchev–Trinajstić information content (AvgIpc) is 2.54. The Balaban J connectivity index is 1.74. The zero-order chi connectivity index (χ0) is 16.4. The third-order valence-electron chi connectivity index (χ3n) is 4.26. The molecule has 122 valence electrons. The van der Waals surface area contributed by atoms with Gasteiger partial charge in [0.15, 0.2) is 0 Å². The number of aromatic nitrogens is 4. The summed E-state index contributed by atoms with van der Waals surface area (Å²) in [6.45, 7) is 5.95. The first kappa shape index (κ1) is 15.6. The lowest BCUT2D eigenvalue weighted by Crippen LogP contribution is -2.35. The summed E-state index contributed by atoms with van der Waals surface area (Å²) >= 11 is 0. The quantitative estimate of drug-likeness (QED) is 0.867. The number of hydrogen-bond acceptors (Lipinski definition) is 6. The predicted molar refractivity (Wildman–Crippen MR) is 92.1 cm³/mol. The van der Waals surface area contributed by atoms with Crippen molar-refractivity contribution in [3.05, 3.63) is 35.5 Å². The number of piperidine rings is 1. The van der Waals surface area contributed by atoms with Gasteiger partial charge in [-0.1, -0.05) is 0 Å². The highest BCUT2D eigenvalue weighted by Crippen LogP contribution is 2.32. The van der Waals surface area contributed by atoms with Crippen LogP contribution in [0, 0.1) is 13.8 Å². The minimum absolute atomic E-state index is 0.447. The van der Waals surface area contributed by atoms with Crippen LogP contribution in [-0.4, -0.2) is 47.1 Å². The van der Waals surface area contributed by atoms with Crippen molar-refractivity contribution in [1.82, 2.24) is 19.9 Å². The molecule has 6 nitrogen and oxygen atoms in total. The molecule has 0 saturated carbocycles. The molecule has 0 bridgehead atoms. The summed E-state index contributed by atoms with van der Waals surface area (Å²) in [6.07, 6.45) is 5.66. The van der Waals surface area contributed by atoms with Gasteiger partial charge in [-0.3, -0.25) is 4.98 Å². The van der Waals surface area contributed by atoms with Gasteiger partial charge in [0.1, 0.15) is 5.82 Å². The highest BCUT2D eigenvalue weighted by molar-refractivity contribution is 5.44. The summed E-state index contributed by atoms with van der Waals surface area (Å²) in [5.41, 5.74) is 3.16. The van der Waals surface area contributed by atoms with E-state index in [9.17, 15) is 0 Å². The van der Waals surface area contributed by atoms with Crippen molar-refractivity contribution in [1.29, 1.82) is 0 Å². The third-order valence-corrected chi connectivity index (χ3v) is 4.26. The predicted octanol–water partition coefficient (Wildman–Crippen LogP) is 2.33. The molecule has 1 fully saturated rings. The number of anilines is 2. The summed E-state index contributed by atoms with van der Waals surface area (Å²) in [7, 11) is 4.04. The van der Waals surface area contributed by atoms with Gasteiger partial charge < -0.3 is 9.80 Å². The molecule has 3 heterocycles. The van der Waals surface area contributed by atoms with Crippen molar-refractivity contribution in [2.75, 3.05) is 37.0 Å². The van der Waals surface area contributed by atoms with Gasteiger partial charge >= 0.3 is 0 Å². The van der Waals surface area contributed by atoms with E-state index in [0.29, 0.717) is 5.92 Å². The van der Waals surface area contributed by atoms with Crippen LogP contribution >= 0.6 is 0 Å². The maximum atomic E-state index is 4.60. The molecule has 1 aliphatic rings. The number of hydrogen-bond donors (Lipinski definition) is 0. The summed E-state index contributed by atoms with van der Waals surface area (Å²) < 4.78 is 0. The molecule has 0 aliphatic carbocycles. The fourth-order valence-corrected chi connectivity index (χ4v) is 3.18. The van der Waals surface area contributed by atoms with Crippen molar-refractivity contribution >= 4 is 11.8 Å². The molecule has 0 spiro atoms. The van der Waals surface area contributed by atoms with Crippen LogP contribution in [0.15, 0.2) is 18.5 Å². The lowest BCUT2D eigenvalue weighted by molar-refractivity contribution is 0.489. The minimum Gasteiger partial charge on any atom is -0.361 e. The van der Waals surface area contributed by atoms with Crippen LogP contribution < -0.4 is 9.80 Å². The molecule has 1 aliphatic heterocycles. The van der Waals surface area contributed by atoms with E-state index in [1.807, 2.05) is 38.9 Å². The molecule has 23 heavy (non-hydrogen) atoms. The molecule has 3 rings (SSSR count). The normalized spacial score (nSPS) is 15.7. The maximum Gasteiger partial charge on any atom is 0.225 e. The van der Waals surface area contributed by atoms with Gasteiger partial charge in [-0.2, -0.15) is 0 Å². The molecule has 0 radical (unpaired) electrons. The van der Waals surface area contributed by atoms with Gasteiger partial charge in [-0.15, -0.1) is 0 Å². The van der Waals surface area contributed by atoms with E-state index in [1.165, 1.54) is 0 Å². The van der Waals surface area contributed by atoms with Gasteiger partial charge in [-0.05, 0) is 32.8 Å². The third kappa shape index (κ3) is 3.41. The largest absolute Gasteiger partial charge is 0.361 e. The standard InChI is InChI=1S/C17H24N6/c1-12-11-13(2)21-17(20-12)23-9-5-14(6-10-23)15-16(22(3)4)19-8-7-18-15/h7-8,11,14H,5-6,9-10H2,1-4H3. The van der Waals surface area contributed by atoms with Gasteiger partial charge in [-0.25, -0.2) is 15.0 Å². The van der Waals surface area contributed by atoms with Crippen LogP contribution in [0.2, 0.25) is 0 Å². The Morgan fingerprint density at radius 1 is 1.00 bits per heavy atom. The lowest BCUT2D eigenvalue weighted by Gasteiger charge is -2.32. The Hall–Kier alpha value is -2.24. The Morgan fingerprint density at radius 2 is 1.61 bits per heavy atom. The van der Waals surface area contributed by atoms with E-state index >= 15 is 0 Å². The van der Waals surface area contributed by atoms with E-state index in [2.05, 4.69) is 24.8 Å². The van der Waals surface area contributed by atoms with Crippen LogP contribution in [0.1, 0.15) is 35.8 Å². The van der Waals surface area contributed by atoms with Crippen LogP contribution in [0.3, 0.4) is 0 Å². The monoisotopic (exact) mass is 312 g/mol. The number of aryl methyl sites for hydroxylation is 2. The molecule has 2 aromatic rings. The summed E-state index contributed by atoms with van der Waals surface area (Å²) in [5.74, 6) is 2.28. The first-order valence-corrected chi connectivity index (χ1v) is 8.10. The van der Waals surface area contributed by atoms with Crippen molar-refractivity contribution in [3.63, 3.8) is 0 Å². The van der Waals surface area contributed by atoms with E-state index < -0.39 is 0 Å². The molecule has 0 N–H and O–H groups in total. The smallest absolute Gasteiger partial charge is 0.225 e. The second-order valence-corrected chi connectivity index (χ2v) is 6.37. The number of rotatable bonds is 3. The second-order valence-electron chi connectivity index (χ2n) is 6.37. The van der Waals surface area contributed by atoms with E-state index in [4.69, 9.17) is 0 Å². The summed E-state index contributed by atoms with van der Waals surface area (Å²) in [4.78, 5) is 22.6. The van der Waals surface area contributed by atoms with E-state index in [-0.39, 0.29) is 0 Å². The number of nitrogens with zero attached hydrogens (tertiary/aromatic N) is 6. The molecule has 0 aromatic carbocycles. The Kier molecular flexibility index (Phi) is 4.41. The average molecular weight is 312 g/mol.